The van der Waals surface area contributed by atoms with Crippen LogP contribution in [0.25, 0.3) is 0 Å². The maximum atomic E-state index is 4.94. The number of thiol groups is 1. The minimum atomic E-state index is 0.190. The highest BCUT2D eigenvalue weighted by molar-refractivity contribution is 8.11. The Morgan fingerprint density at radius 2 is 2.56 bits per heavy atom. The molecule has 0 aromatic rings. The number of hydrogen-bond acceptors (Lipinski definition) is 2. The van der Waals surface area contributed by atoms with Crippen LogP contribution in [-0.4, -0.2) is 25.0 Å². The van der Waals surface area contributed by atoms with E-state index in [-0.39, 0.29) is 6.10 Å². The van der Waals surface area contributed by atoms with Crippen molar-refractivity contribution in [3.63, 3.8) is 0 Å². The Morgan fingerprint density at radius 3 is 2.89 bits per heavy atom. The van der Waals surface area contributed by atoms with E-state index in [0.717, 1.165) is 6.54 Å². The van der Waals surface area contributed by atoms with Crippen LogP contribution >= 0.6 is 24.8 Å². The van der Waals surface area contributed by atoms with E-state index in [1.165, 1.54) is 0 Å². The first-order valence-electron chi connectivity index (χ1n) is 2.66. The average Bonchev–Trinajstić information content (AvgIpc) is 1.83. The summed E-state index contributed by atoms with van der Waals surface area (Å²) in [5.41, 5.74) is 0. The van der Waals surface area contributed by atoms with Crippen molar-refractivity contribution < 1.29 is 4.65 Å². The highest BCUT2D eigenvalue weighted by Crippen LogP contribution is 1.84. The topological polar surface area (TPSA) is 21.3 Å². The first-order chi connectivity index (χ1) is 4.16. The van der Waals surface area contributed by atoms with Crippen LogP contribution in [-0.2, 0) is 4.65 Å². The molecular weight excluding hydrogens is 153 g/mol. The molecule has 0 spiro atoms. The van der Waals surface area contributed by atoms with Gasteiger partial charge in [-0.2, -0.15) is 0 Å². The molecule has 0 aromatic carbocycles. The van der Waals surface area contributed by atoms with Gasteiger partial charge in [0.2, 0.25) is 0 Å². The molecule has 0 saturated carbocycles. The van der Waals surface area contributed by atoms with Crippen LogP contribution in [0.1, 0.15) is 6.92 Å². The van der Waals surface area contributed by atoms with Gasteiger partial charge < -0.3 is 9.97 Å². The molecule has 1 atom stereocenters. The standard InChI is InChI=1S/C4H10BNOS2/c1-3(7-5)2-6-4(8)9/h3H,2,5H2,1H3,(H2,6,8,9). The lowest BCUT2D eigenvalue weighted by Crippen LogP contribution is -2.27. The molecule has 0 fully saturated rings. The second-order valence-corrected chi connectivity index (χ2v) is 2.89. The maximum Gasteiger partial charge on any atom is 0.257 e. The van der Waals surface area contributed by atoms with Crippen LogP contribution in [0.15, 0.2) is 0 Å². The first kappa shape index (κ1) is 9.26. The second-order valence-electron chi connectivity index (χ2n) is 1.73. The van der Waals surface area contributed by atoms with Crippen molar-refractivity contribution in [1.29, 1.82) is 0 Å². The van der Waals surface area contributed by atoms with E-state index in [1.54, 1.807) is 8.05 Å². The molecule has 0 rings (SSSR count). The molecule has 0 amide bonds. The first-order valence-corrected chi connectivity index (χ1v) is 3.52. The molecule has 0 bridgehead atoms. The van der Waals surface area contributed by atoms with Gasteiger partial charge in [-0.1, -0.05) is 12.2 Å². The Bertz CT molecular complexity index is 101. The zero-order valence-corrected chi connectivity index (χ0v) is 7.26. The third kappa shape index (κ3) is 6.15. The molecule has 2 nitrogen and oxygen atoms in total. The maximum absolute atomic E-state index is 4.94. The number of hydrogen-bond donors (Lipinski definition) is 2. The lowest BCUT2D eigenvalue weighted by atomic mass is 10.4. The van der Waals surface area contributed by atoms with Crippen molar-refractivity contribution in [2.75, 3.05) is 6.54 Å². The van der Waals surface area contributed by atoms with E-state index in [0.29, 0.717) is 4.32 Å². The van der Waals surface area contributed by atoms with Gasteiger partial charge in [0, 0.05) is 6.54 Å². The smallest absolute Gasteiger partial charge is 0.257 e. The summed E-state index contributed by atoms with van der Waals surface area (Å²) < 4.78 is 5.46. The van der Waals surface area contributed by atoms with Gasteiger partial charge in [-0.15, -0.1) is 12.6 Å². The summed E-state index contributed by atoms with van der Waals surface area (Å²) in [6, 6.07) is 0. The highest BCUT2D eigenvalue weighted by atomic mass is 32.1. The summed E-state index contributed by atoms with van der Waals surface area (Å²) in [6.45, 7) is 2.68. The molecule has 0 aliphatic heterocycles. The Balaban J connectivity index is 3.16. The van der Waals surface area contributed by atoms with E-state index < -0.39 is 0 Å². The molecule has 1 unspecified atom stereocenters. The van der Waals surface area contributed by atoms with Crippen LogP contribution in [0.4, 0.5) is 0 Å². The summed E-state index contributed by atoms with van der Waals surface area (Å²) in [5.74, 6) is 0. The summed E-state index contributed by atoms with van der Waals surface area (Å²) in [6.07, 6.45) is 0.190. The second kappa shape index (κ2) is 5.08. The third-order valence-corrected chi connectivity index (χ3v) is 1.25. The van der Waals surface area contributed by atoms with E-state index in [4.69, 9.17) is 4.65 Å². The molecule has 1 N–H and O–H groups in total. The Kier molecular flexibility index (Phi) is 5.23. The fourth-order valence-corrected chi connectivity index (χ4v) is 0.489. The summed E-state index contributed by atoms with van der Waals surface area (Å²) >= 11 is 8.54. The van der Waals surface area contributed by atoms with Gasteiger partial charge in [-0.3, -0.25) is 0 Å². The summed E-state index contributed by atoms with van der Waals surface area (Å²) in [7, 11) is 1.66. The van der Waals surface area contributed by atoms with Crippen molar-refractivity contribution in [2.45, 2.75) is 13.0 Å². The van der Waals surface area contributed by atoms with Crippen LogP contribution < -0.4 is 5.32 Å². The van der Waals surface area contributed by atoms with E-state index in [2.05, 4.69) is 30.2 Å². The number of rotatable bonds is 3. The molecule has 0 heterocycles. The average molecular weight is 163 g/mol. The largest absolute Gasteiger partial charge is 0.440 e. The number of nitrogens with one attached hydrogen (secondary N) is 1. The molecular formula is C4H10BNOS2. The minimum absolute atomic E-state index is 0.190. The van der Waals surface area contributed by atoms with Crippen molar-refractivity contribution in [2.24, 2.45) is 0 Å². The van der Waals surface area contributed by atoms with Gasteiger partial charge in [0.1, 0.15) is 4.32 Å². The Hall–Kier alpha value is 0.265. The normalized spacial score (nSPS) is 12.7. The van der Waals surface area contributed by atoms with Crippen molar-refractivity contribution >= 4 is 37.2 Å². The van der Waals surface area contributed by atoms with E-state index in [1.807, 2.05) is 6.92 Å². The fourth-order valence-electron chi connectivity index (χ4n) is 0.314. The van der Waals surface area contributed by atoms with Crippen LogP contribution in [0.2, 0.25) is 0 Å². The molecule has 9 heavy (non-hydrogen) atoms. The predicted molar refractivity (Wildman–Crippen MR) is 48.7 cm³/mol. The predicted octanol–water partition coefficient (Wildman–Crippen LogP) is -0.256. The molecule has 0 aromatic heterocycles. The molecule has 0 radical (unpaired) electrons. The van der Waals surface area contributed by atoms with E-state index in [9.17, 15) is 0 Å². The van der Waals surface area contributed by atoms with Crippen LogP contribution in [0.5, 0.6) is 0 Å². The molecule has 5 heteroatoms. The van der Waals surface area contributed by atoms with Crippen LogP contribution in [0, 0.1) is 0 Å². The van der Waals surface area contributed by atoms with Gasteiger partial charge >= 0.3 is 0 Å². The SMILES string of the molecule is BOC(C)CNC(=S)S. The molecule has 52 valence electrons. The van der Waals surface area contributed by atoms with Gasteiger partial charge in [0.25, 0.3) is 8.05 Å². The van der Waals surface area contributed by atoms with Crippen molar-refractivity contribution in [3.05, 3.63) is 0 Å². The molecule has 0 aliphatic rings. The summed E-state index contributed by atoms with van der Waals surface area (Å²) in [4.78, 5) is 0. The van der Waals surface area contributed by atoms with Gasteiger partial charge in [0.05, 0.1) is 6.10 Å². The Labute approximate surface area is 67.2 Å². The highest BCUT2D eigenvalue weighted by Gasteiger charge is 1.95. The molecule has 0 saturated heterocycles. The van der Waals surface area contributed by atoms with Crippen molar-refractivity contribution in [3.8, 4) is 0 Å². The summed E-state index contributed by atoms with van der Waals surface area (Å²) in [5, 5.41) is 2.87. The van der Waals surface area contributed by atoms with Crippen LogP contribution in [0.3, 0.4) is 0 Å². The van der Waals surface area contributed by atoms with Gasteiger partial charge in [-0.05, 0) is 6.92 Å². The lowest BCUT2D eigenvalue weighted by Gasteiger charge is -2.09. The number of thiocarbonyl (C=S) groups is 1. The lowest BCUT2D eigenvalue weighted by molar-refractivity contribution is 0.247. The van der Waals surface area contributed by atoms with Gasteiger partial charge in [-0.25, -0.2) is 0 Å². The zero-order valence-electron chi connectivity index (χ0n) is 5.55. The molecule has 0 aliphatic carbocycles. The van der Waals surface area contributed by atoms with Crippen molar-refractivity contribution in [1.82, 2.24) is 5.32 Å². The Morgan fingerprint density at radius 1 is 2.00 bits per heavy atom. The zero-order chi connectivity index (χ0) is 7.28. The van der Waals surface area contributed by atoms with E-state index >= 15 is 0 Å². The quantitative estimate of drug-likeness (QED) is 0.340. The third-order valence-electron chi connectivity index (χ3n) is 0.943. The monoisotopic (exact) mass is 163 g/mol. The fraction of sp³-hybridized carbons (Fsp3) is 0.750. The van der Waals surface area contributed by atoms with Gasteiger partial charge in [0.15, 0.2) is 0 Å². The minimum Gasteiger partial charge on any atom is -0.440 e.